The lowest BCUT2D eigenvalue weighted by Crippen LogP contribution is -1.94. The summed E-state index contributed by atoms with van der Waals surface area (Å²) in [6.07, 6.45) is 0. The largest absolute Gasteiger partial charge is 0.384 e. The van der Waals surface area contributed by atoms with Gasteiger partial charge in [0.25, 0.3) is 0 Å². The number of nitrogen functional groups attached to an aromatic ring is 1. The van der Waals surface area contributed by atoms with E-state index in [1.54, 1.807) is 0 Å². The summed E-state index contributed by atoms with van der Waals surface area (Å²) >= 11 is 0. The summed E-state index contributed by atoms with van der Waals surface area (Å²) in [4.78, 5) is 4.24. The number of nitrogens with zero attached hydrogens (tertiary/aromatic N) is 1. The normalized spacial score (nSPS) is 10.3. The van der Waals surface area contributed by atoms with E-state index in [9.17, 15) is 0 Å². The van der Waals surface area contributed by atoms with Gasteiger partial charge in [-0.15, -0.1) is 0 Å². The topological polar surface area (TPSA) is 38.9 Å². The van der Waals surface area contributed by atoms with Gasteiger partial charge in [-0.3, -0.25) is 0 Å². The molecule has 1 aromatic carbocycles. The zero-order chi connectivity index (χ0) is 10.8. The fraction of sp³-hybridized carbons (Fsp3) is 0.0769. The minimum absolute atomic E-state index is 0.557. The molecule has 0 aliphatic carbocycles. The molecule has 2 aromatic rings. The van der Waals surface area contributed by atoms with Gasteiger partial charge in [-0.25, -0.2) is 4.98 Å². The molecular formula is C13H13N2. The summed E-state index contributed by atoms with van der Waals surface area (Å²) in [5.41, 5.74) is 9.80. The Morgan fingerprint density at radius 1 is 1.20 bits per heavy atom. The third kappa shape index (κ3) is 1.99. The Labute approximate surface area is 89.8 Å². The quantitative estimate of drug-likeness (QED) is 0.763. The molecule has 0 spiro atoms. The van der Waals surface area contributed by atoms with Crippen molar-refractivity contribution < 1.29 is 0 Å². The molecule has 2 rings (SSSR count). The van der Waals surface area contributed by atoms with Crippen molar-refractivity contribution in [2.75, 3.05) is 5.73 Å². The molecule has 75 valence electrons. The van der Waals surface area contributed by atoms with Crippen molar-refractivity contribution in [2.24, 2.45) is 0 Å². The van der Waals surface area contributed by atoms with Crippen LogP contribution >= 0.6 is 0 Å². The average Bonchev–Trinajstić information content (AvgIpc) is 2.17. The second kappa shape index (κ2) is 3.73. The van der Waals surface area contributed by atoms with Crippen LogP contribution in [0.4, 0.5) is 5.82 Å². The van der Waals surface area contributed by atoms with E-state index in [1.165, 1.54) is 0 Å². The van der Waals surface area contributed by atoms with Crippen LogP contribution in [0.2, 0.25) is 0 Å². The summed E-state index contributed by atoms with van der Waals surface area (Å²) < 4.78 is 0. The molecule has 1 radical (unpaired) electrons. The predicted molar refractivity (Wildman–Crippen MR) is 63.3 cm³/mol. The predicted octanol–water partition coefficient (Wildman–Crippen LogP) is 2.82. The molecule has 0 fully saturated rings. The van der Waals surface area contributed by atoms with Crippen LogP contribution in [0, 0.1) is 13.8 Å². The van der Waals surface area contributed by atoms with E-state index in [4.69, 9.17) is 5.73 Å². The molecule has 0 atom stereocenters. The van der Waals surface area contributed by atoms with Gasteiger partial charge in [-0.2, -0.15) is 0 Å². The summed E-state index contributed by atoms with van der Waals surface area (Å²) in [6, 6.07) is 11.9. The molecule has 0 saturated heterocycles. The highest BCUT2D eigenvalue weighted by molar-refractivity contribution is 5.67. The van der Waals surface area contributed by atoms with Crippen LogP contribution in [0.5, 0.6) is 0 Å². The van der Waals surface area contributed by atoms with Crippen LogP contribution in [0.3, 0.4) is 0 Å². The van der Waals surface area contributed by atoms with Crippen molar-refractivity contribution in [2.45, 2.75) is 6.92 Å². The molecule has 1 aromatic heterocycles. The molecule has 0 aliphatic heterocycles. The Balaban J connectivity index is 2.54. The number of rotatable bonds is 1. The van der Waals surface area contributed by atoms with E-state index in [0.717, 1.165) is 22.4 Å². The lowest BCUT2D eigenvalue weighted by atomic mass is 10.0. The zero-order valence-corrected chi connectivity index (χ0v) is 8.70. The Bertz CT molecular complexity index is 490. The van der Waals surface area contributed by atoms with Gasteiger partial charge >= 0.3 is 0 Å². The number of anilines is 1. The SMILES string of the molecule is [CH2]c1cccc(-c2ccc(N)nc2C)c1. The first-order valence-corrected chi connectivity index (χ1v) is 4.82. The van der Waals surface area contributed by atoms with E-state index in [2.05, 4.69) is 18.0 Å². The smallest absolute Gasteiger partial charge is 0.123 e. The van der Waals surface area contributed by atoms with Gasteiger partial charge in [0.05, 0.1) is 0 Å². The number of nitrogens with two attached hydrogens (primary N) is 1. The third-order valence-electron chi connectivity index (χ3n) is 2.35. The molecule has 1 heterocycles. The molecule has 2 N–H and O–H groups in total. The van der Waals surface area contributed by atoms with Gasteiger partial charge in [-0.1, -0.05) is 24.3 Å². The van der Waals surface area contributed by atoms with Gasteiger partial charge in [0.2, 0.25) is 0 Å². The van der Waals surface area contributed by atoms with E-state index in [-0.39, 0.29) is 0 Å². The number of aryl methyl sites for hydroxylation is 1. The van der Waals surface area contributed by atoms with Crippen LogP contribution in [0.15, 0.2) is 36.4 Å². The second-order valence-corrected chi connectivity index (χ2v) is 3.57. The maximum Gasteiger partial charge on any atom is 0.123 e. The number of hydrogen-bond donors (Lipinski definition) is 1. The number of aromatic nitrogens is 1. The van der Waals surface area contributed by atoms with Gasteiger partial charge in [0.1, 0.15) is 5.82 Å². The van der Waals surface area contributed by atoms with E-state index < -0.39 is 0 Å². The first-order valence-electron chi connectivity index (χ1n) is 4.82. The molecule has 0 saturated carbocycles. The second-order valence-electron chi connectivity index (χ2n) is 3.57. The van der Waals surface area contributed by atoms with Crippen LogP contribution in [0.1, 0.15) is 11.3 Å². The maximum absolute atomic E-state index is 5.61. The number of hydrogen-bond acceptors (Lipinski definition) is 2. The summed E-state index contributed by atoms with van der Waals surface area (Å²) in [5, 5.41) is 0. The minimum Gasteiger partial charge on any atom is -0.384 e. The van der Waals surface area contributed by atoms with Crippen LogP contribution in [-0.4, -0.2) is 4.98 Å². The summed E-state index contributed by atoms with van der Waals surface area (Å²) in [6.45, 7) is 5.87. The van der Waals surface area contributed by atoms with E-state index in [1.807, 2.05) is 37.3 Å². The van der Waals surface area contributed by atoms with Crippen molar-refractivity contribution >= 4 is 5.82 Å². The van der Waals surface area contributed by atoms with Gasteiger partial charge in [0, 0.05) is 11.3 Å². The standard InChI is InChI=1S/C13H13N2/c1-9-4-3-5-11(8-9)12-6-7-13(14)15-10(12)2/h3-8H,1H2,2H3,(H2,14,15). The van der Waals surface area contributed by atoms with Crippen molar-refractivity contribution in [1.29, 1.82) is 0 Å². The van der Waals surface area contributed by atoms with Crippen molar-refractivity contribution in [1.82, 2.24) is 4.98 Å². The van der Waals surface area contributed by atoms with Crippen molar-refractivity contribution in [3.05, 3.63) is 54.6 Å². The molecule has 2 nitrogen and oxygen atoms in total. The minimum atomic E-state index is 0.557. The van der Waals surface area contributed by atoms with Crippen molar-refractivity contribution in [3.63, 3.8) is 0 Å². The molecule has 0 bridgehead atoms. The Morgan fingerprint density at radius 3 is 2.67 bits per heavy atom. The van der Waals surface area contributed by atoms with Gasteiger partial charge < -0.3 is 5.73 Å². The highest BCUT2D eigenvalue weighted by Crippen LogP contribution is 2.23. The maximum atomic E-state index is 5.61. The van der Waals surface area contributed by atoms with Crippen LogP contribution in [0.25, 0.3) is 11.1 Å². The molecule has 0 amide bonds. The lowest BCUT2D eigenvalue weighted by molar-refractivity contribution is 1.21. The Kier molecular flexibility index (Phi) is 2.42. The molecule has 0 unspecified atom stereocenters. The molecular weight excluding hydrogens is 184 g/mol. The summed E-state index contributed by atoms with van der Waals surface area (Å²) in [5.74, 6) is 0.557. The van der Waals surface area contributed by atoms with Gasteiger partial charge in [0.15, 0.2) is 0 Å². The highest BCUT2D eigenvalue weighted by Gasteiger charge is 2.02. The average molecular weight is 197 g/mol. The third-order valence-corrected chi connectivity index (χ3v) is 2.35. The van der Waals surface area contributed by atoms with E-state index in [0.29, 0.717) is 5.82 Å². The van der Waals surface area contributed by atoms with Crippen molar-refractivity contribution in [3.8, 4) is 11.1 Å². The zero-order valence-electron chi connectivity index (χ0n) is 8.70. The monoisotopic (exact) mass is 197 g/mol. The lowest BCUT2D eigenvalue weighted by Gasteiger charge is -2.06. The van der Waals surface area contributed by atoms with E-state index >= 15 is 0 Å². The van der Waals surface area contributed by atoms with Crippen LogP contribution < -0.4 is 5.73 Å². The first-order chi connectivity index (χ1) is 7.16. The number of benzene rings is 1. The first kappa shape index (κ1) is 9.71. The molecule has 0 aliphatic rings. The Hall–Kier alpha value is -1.83. The highest BCUT2D eigenvalue weighted by atomic mass is 14.8. The fourth-order valence-corrected chi connectivity index (χ4v) is 1.62. The Morgan fingerprint density at radius 2 is 2.00 bits per heavy atom. The van der Waals surface area contributed by atoms with Gasteiger partial charge in [-0.05, 0) is 37.1 Å². The van der Waals surface area contributed by atoms with Crippen LogP contribution in [-0.2, 0) is 0 Å². The fourth-order valence-electron chi connectivity index (χ4n) is 1.62. The molecule has 2 heteroatoms. The summed E-state index contributed by atoms with van der Waals surface area (Å²) in [7, 11) is 0. The molecule has 15 heavy (non-hydrogen) atoms. The number of pyridine rings is 1.